The van der Waals surface area contributed by atoms with Crippen LogP contribution in [0.25, 0.3) is 0 Å². The standard InChI is InChI=1S/C21H30N4O2S.HI/c1-3-22-21(23-14-16-8-6-9-18(27-2)20(16)26)24-15-17(19-10-7-13-28-19)25-11-4-5-12-25;/h6-10,13,17,26H,3-5,11-12,14-15H2,1-2H3,(H2,22,23,24);1H. The molecule has 1 unspecified atom stereocenters. The maximum Gasteiger partial charge on any atom is 0.191 e. The number of aromatic hydroxyl groups is 1. The van der Waals surface area contributed by atoms with Crippen molar-refractivity contribution in [2.24, 2.45) is 4.99 Å². The summed E-state index contributed by atoms with van der Waals surface area (Å²) >= 11 is 1.81. The number of guanidine groups is 1. The number of nitrogens with one attached hydrogen (secondary N) is 2. The predicted octanol–water partition coefficient (Wildman–Crippen LogP) is 3.97. The van der Waals surface area contributed by atoms with Gasteiger partial charge in [-0.25, -0.2) is 4.99 Å². The van der Waals surface area contributed by atoms with E-state index in [1.807, 2.05) is 23.5 Å². The highest BCUT2D eigenvalue weighted by atomic mass is 127. The molecule has 3 rings (SSSR count). The first kappa shape index (κ1) is 23.8. The van der Waals surface area contributed by atoms with Gasteiger partial charge in [-0.2, -0.15) is 0 Å². The van der Waals surface area contributed by atoms with Gasteiger partial charge in [-0.05, 0) is 50.4 Å². The van der Waals surface area contributed by atoms with Crippen molar-refractivity contribution in [3.05, 3.63) is 46.2 Å². The molecule has 160 valence electrons. The van der Waals surface area contributed by atoms with E-state index in [0.717, 1.165) is 37.7 Å². The van der Waals surface area contributed by atoms with Gasteiger partial charge < -0.3 is 20.5 Å². The molecule has 3 N–H and O–H groups in total. The number of para-hydroxylation sites is 1. The molecule has 0 amide bonds. The van der Waals surface area contributed by atoms with Crippen LogP contribution in [0.4, 0.5) is 0 Å². The normalized spacial score (nSPS) is 15.6. The van der Waals surface area contributed by atoms with Crippen molar-refractivity contribution < 1.29 is 9.84 Å². The number of phenols is 1. The van der Waals surface area contributed by atoms with Crippen LogP contribution in [0.1, 0.15) is 36.2 Å². The smallest absolute Gasteiger partial charge is 0.191 e. The van der Waals surface area contributed by atoms with Gasteiger partial charge in [-0.3, -0.25) is 4.90 Å². The molecule has 1 saturated heterocycles. The topological polar surface area (TPSA) is 69.1 Å². The summed E-state index contributed by atoms with van der Waals surface area (Å²) in [5.74, 6) is 1.38. The molecule has 29 heavy (non-hydrogen) atoms. The Balaban J connectivity index is 0.00000300. The highest BCUT2D eigenvalue weighted by Crippen LogP contribution is 2.30. The van der Waals surface area contributed by atoms with Crippen LogP contribution in [0, 0.1) is 0 Å². The number of ether oxygens (including phenoxy) is 1. The van der Waals surface area contributed by atoms with Crippen LogP contribution in [0.3, 0.4) is 0 Å². The summed E-state index contributed by atoms with van der Waals surface area (Å²) in [7, 11) is 1.55. The molecular weight excluding hydrogens is 499 g/mol. The quantitative estimate of drug-likeness (QED) is 0.274. The van der Waals surface area contributed by atoms with Gasteiger partial charge in [0.2, 0.25) is 0 Å². The third kappa shape index (κ3) is 6.48. The molecule has 0 spiro atoms. The van der Waals surface area contributed by atoms with Crippen LogP contribution in [0.2, 0.25) is 0 Å². The Kier molecular flexibility index (Phi) is 10.0. The van der Waals surface area contributed by atoms with Gasteiger partial charge >= 0.3 is 0 Å². The SMILES string of the molecule is CCNC(=NCc1cccc(OC)c1O)NCC(c1cccs1)N1CCCC1.I. The van der Waals surface area contributed by atoms with Crippen molar-refractivity contribution in [2.75, 3.05) is 33.3 Å². The lowest BCUT2D eigenvalue weighted by Crippen LogP contribution is -2.42. The molecule has 2 heterocycles. The number of aliphatic imine (C=N–C) groups is 1. The van der Waals surface area contributed by atoms with E-state index in [-0.39, 0.29) is 29.7 Å². The fourth-order valence-electron chi connectivity index (χ4n) is 3.50. The number of rotatable bonds is 8. The fourth-order valence-corrected chi connectivity index (χ4v) is 4.36. The third-order valence-corrected chi connectivity index (χ3v) is 5.94. The molecular formula is C21H31IN4O2S. The third-order valence-electron chi connectivity index (χ3n) is 4.97. The molecule has 1 aliphatic heterocycles. The molecule has 8 heteroatoms. The van der Waals surface area contributed by atoms with E-state index in [9.17, 15) is 5.11 Å². The van der Waals surface area contributed by atoms with Gasteiger partial charge in [0.05, 0.1) is 19.7 Å². The zero-order valence-electron chi connectivity index (χ0n) is 17.1. The number of halogens is 1. The lowest BCUT2D eigenvalue weighted by atomic mass is 10.2. The minimum absolute atomic E-state index is 0. The average molecular weight is 530 g/mol. The summed E-state index contributed by atoms with van der Waals surface area (Å²) in [5.41, 5.74) is 0.742. The summed E-state index contributed by atoms with van der Waals surface area (Å²) in [6, 6.07) is 10.2. The van der Waals surface area contributed by atoms with Gasteiger partial charge in [-0.1, -0.05) is 18.2 Å². The molecule has 1 atom stereocenters. The highest BCUT2D eigenvalue weighted by molar-refractivity contribution is 14.0. The van der Waals surface area contributed by atoms with Gasteiger partial charge in [0.1, 0.15) is 0 Å². The average Bonchev–Trinajstić information content (AvgIpc) is 3.42. The molecule has 0 saturated carbocycles. The summed E-state index contributed by atoms with van der Waals surface area (Å²) in [5, 5.41) is 19.2. The number of methoxy groups -OCH3 is 1. The van der Waals surface area contributed by atoms with Crippen LogP contribution in [-0.2, 0) is 6.54 Å². The molecule has 0 aliphatic carbocycles. The van der Waals surface area contributed by atoms with Crippen molar-refractivity contribution >= 4 is 41.3 Å². The molecule has 2 aromatic rings. The van der Waals surface area contributed by atoms with Gasteiger partial charge in [0.15, 0.2) is 17.5 Å². The summed E-state index contributed by atoms with van der Waals surface area (Å²) < 4.78 is 5.18. The maximum absolute atomic E-state index is 10.3. The van der Waals surface area contributed by atoms with Crippen LogP contribution in [-0.4, -0.2) is 49.3 Å². The Labute approximate surface area is 194 Å². The second-order valence-electron chi connectivity index (χ2n) is 6.82. The second kappa shape index (κ2) is 12.2. The Hall–Kier alpha value is -1.52. The van der Waals surface area contributed by atoms with E-state index in [1.54, 1.807) is 13.2 Å². The van der Waals surface area contributed by atoms with Gasteiger partial charge in [-0.15, -0.1) is 35.3 Å². The van der Waals surface area contributed by atoms with Crippen LogP contribution in [0.5, 0.6) is 11.5 Å². The van der Waals surface area contributed by atoms with Crippen molar-refractivity contribution in [1.82, 2.24) is 15.5 Å². The first-order valence-corrected chi connectivity index (χ1v) is 10.7. The number of thiophene rings is 1. The first-order chi connectivity index (χ1) is 13.7. The molecule has 1 aromatic heterocycles. The lowest BCUT2D eigenvalue weighted by Gasteiger charge is -2.27. The number of nitrogens with zero attached hydrogens (tertiary/aromatic N) is 2. The number of phenolic OH excluding ortho intramolecular Hbond substituents is 1. The maximum atomic E-state index is 10.3. The van der Waals surface area contributed by atoms with E-state index in [1.165, 1.54) is 17.7 Å². The second-order valence-corrected chi connectivity index (χ2v) is 7.80. The van der Waals surface area contributed by atoms with Crippen LogP contribution >= 0.6 is 35.3 Å². The van der Waals surface area contributed by atoms with Crippen molar-refractivity contribution in [3.8, 4) is 11.5 Å². The largest absolute Gasteiger partial charge is 0.504 e. The number of hydrogen-bond acceptors (Lipinski definition) is 5. The number of likely N-dealkylation sites (tertiary alicyclic amines) is 1. The monoisotopic (exact) mass is 530 g/mol. The zero-order valence-corrected chi connectivity index (χ0v) is 20.2. The highest BCUT2D eigenvalue weighted by Gasteiger charge is 2.24. The van der Waals surface area contributed by atoms with Gasteiger partial charge in [0, 0.05) is 23.5 Å². The molecule has 1 aromatic carbocycles. The zero-order chi connectivity index (χ0) is 19.8. The molecule has 0 radical (unpaired) electrons. The van der Waals surface area contributed by atoms with E-state index >= 15 is 0 Å². The molecule has 0 bridgehead atoms. The Morgan fingerprint density at radius 2 is 2.03 bits per heavy atom. The number of hydrogen-bond donors (Lipinski definition) is 3. The van der Waals surface area contributed by atoms with Crippen LogP contribution in [0.15, 0.2) is 40.7 Å². The Morgan fingerprint density at radius 3 is 2.69 bits per heavy atom. The Bertz CT molecular complexity index is 764. The minimum atomic E-state index is 0. The van der Waals surface area contributed by atoms with Gasteiger partial charge in [0.25, 0.3) is 0 Å². The first-order valence-electron chi connectivity index (χ1n) is 9.87. The van der Waals surface area contributed by atoms with Crippen molar-refractivity contribution in [2.45, 2.75) is 32.4 Å². The van der Waals surface area contributed by atoms with Crippen LogP contribution < -0.4 is 15.4 Å². The number of benzene rings is 1. The lowest BCUT2D eigenvalue weighted by molar-refractivity contribution is 0.249. The van der Waals surface area contributed by atoms with E-state index in [2.05, 4.69) is 45.0 Å². The molecule has 6 nitrogen and oxygen atoms in total. The molecule has 1 fully saturated rings. The summed E-state index contributed by atoms with van der Waals surface area (Å²) in [4.78, 5) is 8.60. The summed E-state index contributed by atoms with van der Waals surface area (Å²) in [6.45, 7) is 6.31. The Morgan fingerprint density at radius 1 is 1.24 bits per heavy atom. The van der Waals surface area contributed by atoms with Crippen molar-refractivity contribution in [3.63, 3.8) is 0 Å². The predicted molar refractivity (Wildman–Crippen MR) is 131 cm³/mol. The van der Waals surface area contributed by atoms with E-state index in [4.69, 9.17) is 4.74 Å². The summed E-state index contributed by atoms with van der Waals surface area (Å²) in [6.07, 6.45) is 2.54. The molecule has 1 aliphatic rings. The van der Waals surface area contributed by atoms with Crippen molar-refractivity contribution in [1.29, 1.82) is 0 Å². The van der Waals surface area contributed by atoms with E-state index < -0.39 is 0 Å². The fraction of sp³-hybridized carbons (Fsp3) is 0.476. The van der Waals surface area contributed by atoms with E-state index in [0.29, 0.717) is 18.3 Å². The minimum Gasteiger partial charge on any atom is -0.504 e.